The molecule has 0 aliphatic carbocycles. The van der Waals surface area contributed by atoms with Gasteiger partial charge in [-0.3, -0.25) is 0 Å². The minimum Gasteiger partial charge on any atom is -0.377 e. The summed E-state index contributed by atoms with van der Waals surface area (Å²) < 4.78 is 16.0. The fraction of sp³-hybridized carbons (Fsp3) is 0.385. The lowest BCUT2D eigenvalue weighted by molar-refractivity contribution is 0.124. The van der Waals surface area contributed by atoms with E-state index >= 15 is 0 Å². The van der Waals surface area contributed by atoms with Crippen molar-refractivity contribution in [3.8, 4) is 0 Å². The normalized spacial score (nSPS) is 12.2. The van der Waals surface area contributed by atoms with Crippen LogP contribution in [0.15, 0.2) is 36.4 Å². The molecule has 0 heterocycles. The first-order chi connectivity index (χ1) is 8.26. The molecule has 0 aliphatic heterocycles. The third-order valence-corrected chi connectivity index (χ3v) is 5.43. The largest absolute Gasteiger partial charge is 0.500 e. The summed E-state index contributed by atoms with van der Waals surface area (Å²) in [5.41, 5.74) is 1.20. The molecule has 0 aromatic heterocycles. The molecule has 0 spiro atoms. The lowest BCUT2D eigenvalue weighted by Gasteiger charge is -2.23. The Hall–Kier alpha value is -0.943. The van der Waals surface area contributed by atoms with Crippen molar-refractivity contribution in [1.82, 2.24) is 0 Å². The van der Waals surface area contributed by atoms with E-state index in [1.807, 2.05) is 18.2 Å². The highest BCUT2D eigenvalue weighted by Gasteiger charge is 2.36. The Morgan fingerprint density at radius 2 is 1.59 bits per heavy atom. The molecule has 4 heteroatoms. The Labute approximate surface area is 104 Å². The second-order valence-electron chi connectivity index (χ2n) is 3.65. The average Bonchev–Trinajstić information content (AvgIpc) is 2.41. The van der Waals surface area contributed by atoms with Gasteiger partial charge in [-0.05, 0) is 12.0 Å². The first kappa shape index (κ1) is 14.1. The zero-order chi connectivity index (χ0) is 12.6. The molecule has 1 aromatic carbocycles. The molecule has 0 bridgehead atoms. The number of rotatable bonds is 7. The highest BCUT2D eigenvalue weighted by atomic mass is 28.4. The fourth-order valence-corrected chi connectivity index (χ4v) is 3.23. The summed E-state index contributed by atoms with van der Waals surface area (Å²) in [6.07, 6.45) is 5.10. The molecule has 0 atom stereocenters. The number of hydrogen-bond donors (Lipinski definition) is 0. The monoisotopic (exact) mass is 252 g/mol. The predicted octanol–water partition coefficient (Wildman–Crippen LogP) is 2.97. The van der Waals surface area contributed by atoms with Gasteiger partial charge in [0.1, 0.15) is 0 Å². The summed E-state index contributed by atoms with van der Waals surface area (Å²) in [6.45, 7) is 0. The molecule has 0 aliphatic rings. The van der Waals surface area contributed by atoms with Gasteiger partial charge in [0.15, 0.2) is 0 Å². The van der Waals surface area contributed by atoms with Crippen LogP contribution in [-0.4, -0.2) is 30.1 Å². The Balaban J connectivity index is 2.44. The van der Waals surface area contributed by atoms with Gasteiger partial charge in [-0.15, -0.1) is 0 Å². The van der Waals surface area contributed by atoms with E-state index in [4.69, 9.17) is 13.3 Å². The summed E-state index contributed by atoms with van der Waals surface area (Å²) >= 11 is 0. The van der Waals surface area contributed by atoms with Crippen LogP contribution >= 0.6 is 0 Å². The van der Waals surface area contributed by atoms with E-state index in [0.717, 1.165) is 12.5 Å². The maximum Gasteiger partial charge on any atom is 0.500 e. The van der Waals surface area contributed by atoms with Crippen LogP contribution < -0.4 is 0 Å². The van der Waals surface area contributed by atoms with Gasteiger partial charge in [0.25, 0.3) is 0 Å². The van der Waals surface area contributed by atoms with Crippen LogP contribution in [0.3, 0.4) is 0 Å². The van der Waals surface area contributed by atoms with Gasteiger partial charge in [-0.25, -0.2) is 0 Å². The van der Waals surface area contributed by atoms with E-state index in [1.54, 1.807) is 21.3 Å². The lowest BCUT2D eigenvalue weighted by atomic mass is 10.2. The molecule has 3 nitrogen and oxygen atoms in total. The highest BCUT2D eigenvalue weighted by molar-refractivity contribution is 6.60. The summed E-state index contributed by atoms with van der Waals surface area (Å²) in [5, 5.41) is 0. The van der Waals surface area contributed by atoms with E-state index in [2.05, 4.69) is 24.3 Å². The standard InChI is InChI=1S/C13H20O3Si/c1-14-17(15-2,16-3)12-8-7-11-13-9-5-4-6-10-13/h4-7,9-11H,8,12H2,1-3H3. The van der Waals surface area contributed by atoms with Crippen molar-refractivity contribution in [2.45, 2.75) is 12.5 Å². The minimum absolute atomic E-state index is 0.792. The van der Waals surface area contributed by atoms with Gasteiger partial charge < -0.3 is 13.3 Å². The Morgan fingerprint density at radius 3 is 2.12 bits per heavy atom. The molecular formula is C13H20O3Si. The molecular weight excluding hydrogens is 232 g/mol. The van der Waals surface area contributed by atoms with Gasteiger partial charge in [-0.1, -0.05) is 42.5 Å². The third-order valence-electron chi connectivity index (χ3n) is 2.66. The van der Waals surface area contributed by atoms with E-state index in [1.165, 1.54) is 5.56 Å². The molecule has 0 saturated carbocycles. The first-order valence-electron chi connectivity index (χ1n) is 5.63. The van der Waals surface area contributed by atoms with Crippen LogP contribution in [0.25, 0.3) is 6.08 Å². The molecule has 0 fully saturated rings. The van der Waals surface area contributed by atoms with Crippen LogP contribution in [-0.2, 0) is 13.3 Å². The van der Waals surface area contributed by atoms with Gasteiger partial charge in [0.05, 0.1) is 0 Å². The van der Waals surface area contributed by atoms with Crippen LogP contribution in [0.4, 0.5) is 0 Å². The van der Waals surface area contributed by atoms with Crippen molar-refractivity contribution in [3.63, 3.8) is 0 Å². The summed E-state index contributed by atoms with van der Waals surface area (Å²) in [5.74, 6) is 0. The smallest absolute Gasteiger partial charge is 0.377 e. The van der Waals surface area contributed by atoms with Gasteiger partial charge in [0, 0.05) is 27.4 Å². The molecule has 0 amide bonds. The molecule has 0 unspecified atom stereocenters. The highest BCUT2D eigenvalue weighted by Crippen LogP contribution is 2.15. The van der Waals surface area contributed by atoms with Gasteiger partial charge in [-0.2, -0.15) is 0 Å². The van der Waals surface area contributed by atoms with Crippen molar-refractivity contribution in [3.05, 3.63) is 42.0 Å². The van der Waals surface area contributed by atoms with E-state index in [-0.39, 0.29) is 0 Å². The summed E-state index contributed by atoms with van der Waals surface area (Å²) in [6, 6.07) is 11.0. The summed E-state index contributed by atoms with van der Waals surface area (Å²) in [4.78, 5) is 0. The second-order valence-corrected chi connectivity index (χ2v) is 6.74. The maximum absolute atomic E-state index is 5.35. The van der Waals surface area contributed by atoms with Crippen LogP contribution in [0.5, 0.6) is 0 Å². The van der Waals surface area contributed by atoms with Crippen molar-refractivity contribution in [1.29, 1.82) is 0 Å². The van der Waals surface area contributed by atoms with Crippen LogP contribution in [0.2, 0.25) is 6.04 Å². The van der Waals surface area contributed by atoms with Gasteiger partial charge >= 0.3 is 8.80 Å². The zero-order valence-electron chi connectivity index (χ0n) is 10.7. The molecule has 1 aromatic rings. The molecule has 0 radical (unpaired) electrons. The lowest BCUT2D eigenvalue weighted by Crippen LogP contribution is -2.42. The topological polar surface area (TPSA) is 27.7 Å². The quantitative estimate of drug-likeness (QED) is 0.698. The fourth-order valence-electron chi connectivity index (χ4n) is 1.60. The van der Waals surface area contributed by atoms with Crippen molar-refractivity contribution < 1.29 is 13.3 Å². The van der Waals surface area contributed by atoms with Crippen molar-refractivity contribution in [2.75, 3.05) is 21.3 Å². The number of benzene rings is 1. The van der Waals surface area contributed by atoms with Crippen LogP contribution in [0.1, 0.15) is 12.0 Å². The van der Waals surface area contributed by atoms with E-state index in [9.17, 15) is 0 Å². The van der Waals surface area contributed by atoms with E-state index < -0.39 is 8.80 Å². The maximum atomic E-state index is 5.35. The SMILES string of the molecule is CO[Si](CCC=Cc1ccccc1)(OC)OC. The first-order valence-corrected chi connectivity index (χ1v) is 7.56. The zero-order valence-corrected chi connectivity index (χ0v) is 11.7. The molecule has 0 N–H and O–H groups in total. The van der Waals surface area contributed by atoms with E-state index in [0.29, 0.717) is 0 Å². The minimum atomic E-state index is -2.41. The second kappa shape index (κ2) is 7.40. The molecule has 17 heavy (non-hydrogen) atoms. The Bertz CT molecular complexity index is 326. The molecule has 0 saturated heterocycles. The third kappa shape index (κ3) is 4.44. The predicted molar refractivity (Wildman–Crippen MR) is 71.7 cm³/mol. The average molecular weight is 252 g/mol. The number of hydrogen-bond acceptors (Lipinski definition) is 3. The van der Waals surface area contributed by atoms with Crippen molar-refractivity contribution in [2.24, 2.45) is 0 Å². The Kier molecular flexibility index (Phi) is 6.14. The molecule has 1 rings (SSSR count). The van der Waals surface area contributed by atoms with Crippen molar-refractivity contribution >= 4 is 14.9 Å². The van der Waals surface area contributed by atoms with Gasteiger partial charge in [0.2, 0.25) is 0 Å². The summed E-state index contributed by atoms with van der Waals surface area (Å²) in [7, 11) is 2.51. The molecule has 94 valence electrons. The Morgan fingerprint density at radius 1 is 1.00 bits per heavy atom. The van der Waals surface area contributed by atoms with Crippen LogP contribution in [0, 0.1) is 0 Å². The number of allylic oxidation sites excluding steroid dienone is 1.